The quantitative estimate of drug-likeness (QED) is 0.494. The first-order valence-electron chi connectivity index (χ1n) is 5.66. The molecule has 1 aliphatic rings. The number of anilines is 1. The first-order chi connectivity index (χ1) is 9.22. The summed E-state index contributed by atoms with van der Waals surface area (Å²) in [6.45, 7) is 2.01. The number of rotatable bonds is 3. The topological polar surface area (TPSA) is 63.2 Å². The van der Waals surface area contributed by atoms with E-state index in [1.807, 2.05) is 6.92 Å². The van der Waals surface area contributed by atoms with Gasteiger partial charge >= 0.3 is 0 Å². The van der Waals surface area contributed by atoms with Gasteiger partial charge in [-0.05, 0) is 17.9 Å². The number of benzene rings is 1. The van der Waals surface area contributed by atoms with Gasteiger partial charge < -0.3 is 0 Å². The molecule has 1 aromatic carbocycles. The zero-order valence-electron chi connectivity index (χ0n) is 9.99. The molecule has 0 unspecified atom stereocenters. The Labute approximate surface area is 117 Å². The van der Waals surface area contributed by atoms with Crippen LogP contribution in [-0.4, -0.2) is 27.8 Å². The first kappa shape index (κ1) is 12.3. The Kier molecular flexibility index (Phi) is 3.08. The Morgan fingerprint density at radius 2 is 1.79 bits per heavy atom. The lowest BCUT2D eigenvalue weighted by molar-refractivity contribution is 0.0926. The van der Waals surface area contributed by atoms with Gasteiger partial charge in [-0.25, -0.2) is 4.90 Å². The van der Waals surface area contributed by atoms with Crippen molar-refractivity contribution in [1.82, 2.24) is 10.2 Å². The standard InChI is InChI=1S/C12H9N3O2S2/c1-2-18-12-14-13-11(19-12)15-9(16)7-5-3-4-6-8(7)10(15)17/h3-6H,2H2,1H3. The van der Waals surface area contributed by atoms with Crippen LogP contribution in [0.15, 0.2) is 28.6 Å². The van der Waals surface area contributed by atoms with Crippen LogP contribution in [0.5, 0.6) is 0 Å². The van der Waals surface area contributed by atoms with Gasteiger partial charge in [-0.2, -0.15) is 0 Å². The van der Waals surface area contributed by atoms with E-state index >= 15 is 0 Å². The molecule has 1 aliphatic heterocycles. The third kappa shape index (κ3) is 1.95. The Bertz CT molecular complexity index is 633. The van der Waals surface area contributed by atoms with Crippen LogP contribution in [0.4, 0.5) is 5.13 Å². The van der Waals surface area contributed by atoms with E-state index in [4.69, 9.17) is 0 Å². The molecule has 96 valence electrons. The molecule has 0 radical (unpaired) electrons. The van der Waals surface area contributed by atoms with Gasteiger partial charge in [0.2, 0.25) is 5.13 Å². The summed E-state index contributed by atoms with van der Waals surface area (Å²) in [6, 6.07) is 6.79. The predicted molar refractivity (Wildman–Crippen MR) is 73.9 cm³/mol. The zero-order chi connectivity index (χ0) is 13.4. The molecule has 19 heavy (non-hydrogen) atoms. The fourth-order valence-corrected chi connectivity index (χ4v) is 3.57. The summed E-state index contributed by atoms with van der Waals surface area (Å²) >= 11 is 2.79. The van der Waals surface area contributed by atoms with Crippen molar-refractivity contribution < 1.29 is 9.59 Å². The molecule has 0 aliphatic carbocycles. The molecule has 0 N–H and O–H groups in total. The molecular formula is C12H9N3O2S2. The van der Waals surface area contributed by atoms with Crippen molar-refractivity contribution in [2.24, 2.45) is 0 Å². The van der Waals surface area contributed by atoms with E-state index in [9.17, 15) is 9.59 Å². The van der Waals surface area contributed by atoms with Crippen molar-refractivity contribution in [2.75, 3.05) is 10.7 Å². The van der Waals surface area contributed by atoms with Crippen LogP contribution in [0.1, 0.15) is 27.6 Å². The highest BCUT2D eigenvalue weighted by molar-refractivity contribution is 8.01. The average Bonchev–Trinajstić information content (AvgIpc) is 2.96. The Morgan fingerprint density at radius 3 is 2.37 bits per heavy atom. The molecule has 0 saturated heterocycles. The number of thioether (sulfide) groups is 1. The lowest BCUT2D eigenvalue weighted by Crippen LogP contribution is -2.29. The molecule has 7 heteroatoms. The molecule has 2 heterocycles. The summed E-state index contributed by atoms with van der Waals surface area (Å²) in [7, 11) is 0. The molecular weight excluding hydrogens is 282 g/mol. The van der Waals surface area contributed by atoms with Crippen molar-refractivity contribution >= 4 is 40.0 Å². The van der Waals surface area contributed by atoms with Gasteiger partial charge in [0, 0.05) is 0 Å². The minimum Gasteiger partial charge on any atom is -0.268 e. The van der Waals surface area contributed by atoms with Crippen LogP contribution < -0.4 is 4.90 Å². The lowest BCUT2D eigenvalue weighted by atomic mass is 10.1. The molecule has 2 amide bonds. The minimum absolute atomic E-state index is 0.329. The van der Waals surface area contributed by atoms with Gasteiger partial charge in [0.25, 0.3) is 11.8 Å². The highest BCUT2D eigenvalue weighted by Gasteiger charge is 2.38. The van der Waals surface area contributed by atoms with Crippen molar-refractivity contribution in [2.45, 2.75) is 11.3 Å². The van der Waals surface area contributed by atoms with Gasteiger partial charge in [0.05, 0.1) is 11.1 Å². The van der Waals surface area contributed by atoms with Crippen LogP contribution >= 0.6 is 23.1 Å². The number of hydrogen-bond donors (Lipinski definition) is 0. The van der Waals surface area contributed by atoms with Gasteiger partial charge in [0.15, 0.2) is 4.34 Å². The number of carbonyl (C=O) groups excluding carboxylic acids is 2. The number of hydrogen-bond acceptors (Lipinski definition) is 6. The van der Waals surface area contributed by atoms with E-state index in [0.29, 0.717) is 16.3 Å². The number of amides is 2. The second kappa shape index (κ2) is 4.75. The third-order valence-corrected chi connectivity index (χ3v) is 4.57. The predicted octanol–water partition coefficient (Wildman–Crippen LogP) is 2.45. The number of fused-ring (bicyclic) bond motifs is 1. The van der Waals surface area contributed by atoms with E-state index in [1.165, 1.54) is 23.1 Å². The van der Waals surface area contributed by atoms with E-state index in [1.54, 1.807) is 24.3 Å². The highest BCUT2D eigenvalue weighted by atomic mass is 32.2. The Morgan fingerprint density at radius 1 is 1.16 bits per heavy atom. The molecule has 0 saturated carbocycles. The van der Waals surface area contributed by atoms with Crippen molar-refractivity contribution in [3.8, 4) is 0 Å². The number of nitrogens with zero attached hydrogens (tertiary/aromatic N) is 3. The highest BCUT2D eigenvalue weighted by Crippen LogP contribution is 2.33. The summed E-state index contributed by atoms with van der Waals surface area (Å²) in [5, 5.41) is 8.24. The zero-order valence-corrected chi connectivity index (χ0v) is 11.6. The summed E-state index contributed by atoms with van der Waals surface area (Å²) in [6.07, 6.45) is 0. The largest absolute Gasteiger partial charge is 0.268 e. The normalized spacial score (nSPS) is 14.1. The Hall–Kier alpha value is -1.73. The van der Waals surface area contributed by atoms with Crippen LogP contribution in [-0.2, 0) is 0 Å². The summed E-state index contributed by atoms with van der Waals surface area (Å²) in [5.74, 6) is 0.214. The fourth-order valence-electron chi connectivity index (χ4n) is 1.84. The molecule has 2 aromatic rings. The number of imide groups is 1. The van der Waals surface area contributed by atoms with Crippen LogP contribution in [0.2, 0.25) is 0 Å². The van der Waals surface area contributed by atoms with Crippen molar-refractivity contribution in [3.05, 3.63) is 35.4 Å². The first-order valence-corrected chi connectivity index (χ1v) is 7.46. The number of carbonyl (C=O) groups is 2. The van der Waals surface area contributed by atoms with E-state index in [0.717, 1.165) is 15.0 Å². The second-order valence-corrected chi connectivity index (χ2v) is 6.24. The molecule has 0 bridgehead atoms. The third-order valence-electron chi connectivity index (χ3n) is 2.65. The average molecular weight is 291 g/mol. The van der Waals surface area contributed by atoms with Gasteiger partial charge in [-0.1, -0.05) is 42.2 Å². The van der Waals surface area contributed by atoms with Gasteiger partial charge in [0.1, 0.15) is 0 Å². The monoisotopic (exact) mass is 291 g/mol. The summed E-state index contributed by atoms with van der Waals surface area (Å²) < 4.78 is 0.758. The maximum Gasteiger partial charge on any atom is 0.268 e. The molecule has 1 aromatic heterocycles. The summed E-state index contributed by atoms with van der Waals surface area (Å²) in [5.41, 5.74) is 0.847. The van der Waals surface area contributed by atoms with Crippen LogP contribution in [0.3, 0.4) is 0 Å². The van der Waals surface area contributed by atoms with E-state index < -0.39 is 0 Å². The smallest absolute Gasteiger partial charge is 0.268 e. The van der Waals surface area contributed by atoms with E-state index in [-0.39, 0.29) is 11.8 Å². The van der Waals surface area contributed by atoms with Crippen LogP contribution in [0, 0.1) is 0 Å². The maximum atomic E-state index is 12.2. The van der Waals surface area contributed by atoms with Crippen molar-refractivity contribution in [1.29, 1.82) is 0 Å². The van der Waals surface area contributed by atoms with Gasteiger partial charge in [-0.3, -0.25) is 9.59 Å². The molecule has 5 nitrogen and oxygen atoms in total. The molecule has 0 fully saturated rings. The maximum absolute atomic E-state index is 12.2. The Balaban J connectivity index is 1.99. The lowest BCUT2D eigenvalue weighted by Gasteiger charge is -2.07. The molecule has 3 rings (SSSR count). The number of aromatic nitrogens is 2. The fraction of sp³-hybridized carbons (Fsp3) is 0.167. The van der Waals surface area contributed by atoms with Crippen LogP contribution in [0.25, 0.3) is 0 Å². The molecule has 0 spiro atoms. The molecule has 0 atom stereocenters. The second-order valence-electron chi connectivity index (χ2n) is 3.77. The van der Waals surface area contributed by atoms with Gasteiger partial charge in [-0.15, -0.1) is 10.2 Å². The van der Waals surface area contributed by atoms with E-state index in [2.05, 4.69) is 10.2 Å². The SMILES string of the molecule is CCSc1nnc(N2C(=O)c3ccccc3C2=O)s1. The van der Waals surface area contributed by atoms with Crippen molar-refractivity contribution in [3.63, 3.8) is 0 Å². The summed E-state index contributed by atoms with van der Waals surface area (Å²) in [4.78, 5) is 25.5. The minimum atomic E-state index is -0.329.